The van der Waals surface area contributed by atoms with E-state index in [1.807, 2.05) is 0 Å². The van der Waals surface area contributed by atoms with Gasteiger partial charge in [0.15, 0.2) is 5.11 Å². The number of likely N-dealkylation sites (N-methyl/N-ethyl adjacent to an activating group) is 1. The molecule has 0 heterocycles. The molecular formula is C5H10N2OS. The molecule has 0 saturated carbocycles. The summed E-state index contributed by atoms with van der Waals surface area (Å²) in [5, 5.41) is 3.33. The molecule has 0 rings (SSSR count). The van der Waals surface area contributed by atoms with Crippen LogP contribution in [-0.2, 0) is 4.79 Å². The van der Waals surface area contributed by atoms with Gasteiger partial charge in [0.1, 0.15) is 6.29 Å². The highest BCUT2D eigenvalue weighted by atomic mass is 32.1. The Labute approximate surface area is 60.0 Å². The number of carbonyl (C=O) groups is 1. The van der Waals surface area contributed by atoms with Gasteiger partial charge in [-0.15, -0.1) is 0 Å². The molecule has 1 N–H and O–H groups in total. The van der Waals surface area contributed by atoms with Gasteiger partial charge in [-0.25, -0.2) is 0 Å². The monoisotopic (exact) mass is 146 g/mol. The Morgan fingerprint density at radius 3 is 2.78 bits per heavy atom. The standard InChI is InChI=1S/C5H10N2OS/c1-6-5(9)7(2)3-4-8/h4H,3H2,1-2H3,(H,6,9). The zero-order chi connectivity index (χ0) is 7.28. The van der Waals surface area contributed by atoms with Gasteiger partial charge < -0.3 is 15.0 Å². The molecule has 4 heteroatoms. The highest BCUT2D eigenvalue weighted by Crippen LogP contribution is 1.79. The lowest BCUT2D eigenvalue weighted by atomic mass is 10.6. The van der Waals surface area contributed by atoms with E-state index in [-0.39, 0.29) is 0 Å². The van der Waals surface area contributed by atoms with Gasteiger partial charge in [0, 0.05) is 14.1 Å². The fourth-order valence-electron chi connectivity index (χ4n) is 0.386. The fourth-order valence-corrected chi connectivity index (χ4v) is 0.460. The van der Waals surface area contributed by atoms with Crippen LogP contribution in [0.15, 0.2) is 0 Å². The average molecular weight is 146 g/mol. The maximum Gasteiger partial charge on any atom is 0.168 e. The number of nitrogens with one attached hydrogen (secondary N) is 1. The second kappa shape index (κ2) is 4.26. The molecule has 9 heavy (non-hydrogen) atoms. The third-order valence-corrected chi connectivity index (χ3v) is 1.42. The number of thiocarbonyl (C=S) groups is 1. The van der Waals surface area contributed by atoms with Crippen molar-refractivity contribution in [2.75, 3.05) is 20.6 Å². The summed E-state index contributed by atoms with van der Waals surface area (Å²) in [5.41, 5.74) is 0. The molecule has 3 nitrogen and oxygen atoms in total. The van der Waals surface area contributed by atoms with Gasteiger partial charge >= 0.3 is 0 Å². The summed E-state index contributed by atoms with van der Waals surface area (Å²) in [6.45, 7) is 0.347. The lowest BCUT2D eigenvalue weighted by Crippen LogP contribution is -2.35. The van der Waals surface area contributed by atoms with Crippen LogP contribution in [0.4, 0.5) is 0 Å². The van der Waals surface area contributed by atoms with Crippen molar-refractivity contribution in [1.82, 2.24) is 10.2 Å². The van der Waals surface area contributed by atoms with Crippen LogP contribution in [0.2, 0.25) is 0 Å². The summed E-state index contributed by atoms with van der Waals surface area (Å²) in [4.78, 5) is 11.6. The summed E-state index contributed by atoms with van der Waals surface area (Å²) in [6.07, 6.45) is 0.809. The molecule has 0 aliphatic carbocycles. The molecular weight excluding hydrogens is 136 g/mol. The molecule has 0 aliphatic heterocycles. The fraction of sp³-hybridized carbons (Fsp3) is 0.600. The quantitative estimate of drug-likeness (QED) is 0.425. The zero-order valence-electron chi connectivity index (χ0n) is 5.55. The third-order valence-electron chi connectivity index (χ3n) is 0.909. The number of nitrogens with zero attached hydrogens (tertiary/aromatic N) is 1. The van der Waals surface area contributed by atoms with E-state index in [1.165, 1.54) is 0 Å². The Kier molecular flexibility index (Phi) is 3.96. The van der Waals surface area contributed by atoms with E-state index < -0.39 is 0 Å². The maximum absolute atomic E-state index is 9.91. The number of rotatable bonds is 2. The topological polar surface area (TPSA) is 32.3 Å². The van der Waals surface area contributed by atoms with Crippen LogP contribution >= 0.6 is 12.2 Å². The molecule has 0 radical (unpaired) electrons. The van der Waals surface area contributed by atoms with E-state index in [0.717, 1.165) is 6.29 Å². The first-order chi connectivity index (χ1) is 4.22. The van der Waals surface area contributed by atoms with Gasteiger partial charge in [-0.05, 0) is 12.2 Å². The summed E-state index contributed by atoms with van der Waals surface area (Å²) in [5.74, 6) is 0. The highest BCUT2D eigenvalue weighted by Gasteiger charge is 1.97. The Bertz CT molecular complexity index is 116. The summed E-state index contributed by atoms with van der Waals surface area (Å²) >= 11 is 4.80. The molecule has 0 saturated heterocycles. The molecule has 0 unspecified atom stereocenters. The highest BCUT2D eigenvalue weighted by molar-refractivity contribution is 7.80. The van der Waals surface area contributed by atoms with Crippen molar-refractivity contribution in [1.29, 1.82) is 0 Å². The minimum absolute atomic E-state index is 0.347. The van der Waals surface area contributed by atoms with Crippen LogP contribution in [0.5, 0.6) is 0 Å². The van der Waals surface area contributed by atoms with E-state index in [0.29, 0.717) is 11.7 Å². The van der Waals surface area contributed by atoms with Crippen LogP contribution in [0.1, 0.15) is 0 Å². The Hall–Kier alpha value is -0.640. The van der Waals surface area contributed by atoms with Crippen LogP contribution in [0.3, 0.4) is 0 Å². The number of hydrogen-bond acceptors (Lipinski definition) is 2. The Balaban J connectivity index is 3.58. The van der Waals surface area contributed by atoms with Crippen LogP contribution < -0.4 is 5.32 Å². The second-order valence-corrected chi connectivity index (χ2v) is 1.99. The minimum Gasteiger partial charge on any atom is -0.366 e. The van der Waals surface area contributed by atoms with Gasteiger partial charge in [0.2, 0.25) is 0 Å². The van der Waals surface area contributed by atoms with Crippen molar-refractivity contribution in [3.8, 4) is 0 Å². The Morgan fingerprint density at radius 1 is 1.89 bits per heavy atom. The molecule has 0 aromatic heterocycles. The smallest absolute Gasteiger partial charge is 0.168 e. The summed E-state index contributed by atoms with van der Waals surface area (Å²) in [7, 11) is 3.48. The largest absolute Gasteiger partial charge is 0.366 e. The molecule has 0 fully saturated rings. The van der Waals surface area contributed by atoms with Gasteiger partial charge in [-0.2, -0.15) is 0 Å². The van der Waals surface area contributed by atoms with Crippen molar-refractivity contribution in [3.63, 3.8) is 0 Å². The van der Waals surface area contributed by atoms with E-state index in [9.17, 15) is 4.79 Å². The predicted octanol–water partition coefficient (Wildman–Crippen LogP) is -0.379. The SMILES string of the molecule is CNC(=S)N(C)CC=O. The van der Waals surface area contributed by atoms with Crippen LogP contribution in [0, 0.1) is 0 Å². The van der Waals surface area contributed by atoms with Crippen molar-refractivity contribution in [3.05, 3.63) is 0 Å². The normalized spacial score (nSPS) is 8.22. The first kappa shape index (κ1) is 8.36. The van der Waals surface area contributed by atoms with Gasteiger partial charge in [-0.1, -0.05) is 0 Å². The van der Waals surface area contributed by atoms with E-state index in [4.69, 9.17) is 12.2 Å². The zero-order valence-corrected chi connectivity index (χ0v) is 6.36. The summed E-state index contributed by atoms with van der Waals surface area (Å²) in [6, 6.07) is 0. The predicted molar refractivity (Wildman–Crippen MR) is 40.4 cm³/mol. The van der Waals surface area contributed by atoms with Crippen molar-refractivity contribution in [2.24, 2.45) is 0 Å². The van der Waals surface area contributed by atoms with E-state index in [1.54, 1.807) is 19.0 Å². The van der Waals surface area contributed by atoms with Crippen molar-refractivity contribution in [2.45, 2.75) is 0 Å². The maximum atomic E-state index is 9.91. The van der Waals surface area contributed by atoms with Crippen LogP contribution in [0.25, 0.3) is 0 Å². The molecule has 0 atom stereocenters. The number of aldehydes is 1. The second-order valence-electron chi connectivity index (χ2n) is 1.60. The van der Waals surface area contributed by atoms with Gasteiger partial charge in [0.25, 0.3) is 0 Å². The van der Waals surface area contributed by atoms with Gasteiger partial charge in [0.05, 0.1) is 6.54 Å². The van der Waals surface area contributed by atoms with Crippen LogP contribution in [-0.4, -0.2) is 36.9 Å². The first-order valence-electron chi connectivity index (χ1n) is 2.59. The molecule has 52 valence electrons. The molecule has 0 aliphatic rings. The molecule has 0 aromatic rings. The molecule has 0 bridgehead atoms. The van der Waals surface area contributed by atoms with E-state index in [2.05, 4.69) is 5.32 Å². The third kappa shape index (κ3) is 3.03. The van der Waals surface area contributed by atoms with Crippen molar-refractivity contribution < 1.29 is 4.79 Å². The minimum atomic E-state index is 0.347. The average Bonchev–Trinajstić information content (AvgIpc) is 1.87. The van der Waals surface area contributed by atoms with E-state index >= 15 is 0 Å². The molecule has 0 aromatic carbocycles. The van der Waals surface area contributed by atoms with Crippen molar-refractivity contribution >= 4 is 23.6 Å². The lowest BCUT2D eigenvalue weighted by Gasteiger charge is -2.15. The molecule has 0 amide bonds. The van der Waals surface area contributed by atoms with Gasteiger partial charge in [-0.3, -0.25) is 0 Å². The first-order valence-corrected chi connectivity index (χ1v) is 2.99. The number of hydrogen-bond donors (Lipinski definition) is 1. The molecule has 0 spiro atoms. The summed E-state index contributed by atoms with van der Waals surface area (Å²) < 4.78 is 0. The number of carbonyl (C=O) groups excluding carboxylic acids is 1. The Morgan fingerprint density at radius 2 is 2.44 bits per heavy atom. The lowest BCUT2D eigenvalue weighted by molar-refractivity contribution is -0.108.